The minimum Gasteiger partial charge on any atom is -0.309 e. The Bertz CT molecular complexity index is 2830. The molecule has 0 atom stereocenters. The van der Waals surface area contributed by atoms with E-state index in [-0.39, 0.29) is 0 Å². The van der Waals surface area contributed by atoms with Crippen LogP contribution in [0.1, 0.15) is 0 Å². The summed E-state index contributed by atoms with van der Waals surface area (Å²) in [6, 6.07) is 55.3. The summed E-state index contributed by atoms with van der Waals surface area (Å²) in [6.07, 6.45) is 1.86. The molecule has 0 spiro atoms. The van der Waals surface area contributed by atoms with Crippen LogP contribution in [0, 0.1) is 0 Å². The molecule has 0 amide bonds. The first-order valence-corrected chi connectivity index (χ1v) is 16.1. The highest BCUT2D eigenvalue weighted by Crippen LogP contribution is 2.40. The highest BCUT2D eigenvalue weighted by atomic mass is 15.2. The van der Waals surface area contributed by atoms with Crippen molar-refractivity contribution in [3.05, 3.63) is 164 Å². The van der Waals surface area contributed by atoms with Crippen molar-refractivity contribution < 1.29 is 0 Å². The third-order valence-corrected chi connectivity index (χ3v) is 9.38. The van der Waals surface area contributed by atoms with Crippen molar-refractivity contribution >= 4 is 54.6 Å². The van der Waals surface area contributed by atoms with E-state index in [0.29, 0.717) is 5.95 Å². The van der Waals surface area contributed by atoms with Crippen LogP contribution in [0.3, 0.4) is 0 Å². The van der Waals surface area contributed by atoms with Crippen molar-refractivity contribution in [3.63, 3.8) is 0 Å². The standard InChI is InChI=1S/C43H27N5/c1-3-13-28(14-4-1)41-32-17-7-9-20-35(32)45-43(46-41)48-38-23-12-26-44-42(38)34-25-24-29(27-39(34)48)31-19-11-22-37-40(31)33-18-8-10-21-36(33)47(37)30-15-5-2-6-16-30/h1-27H. The number of pyridine rings is 1. The van der Waals surface area contributed by atoms with E-state index in [1.807, 2.05) is 30.5 Å². The quantitative estimate of drug-likeness (QED) is 0.198. The van der Waals surface area contributed by atoms with Gasteiger partial charge in [-0.15, -0.1) is 0 Å². The Hall–Kier alpha value is -6.59. The molecule has 0 radical (unpaired) electrons. The summed E-state index contributed by atoms with van der Waals surface area (Å²) in [6.45, 7) is 0. The maximum Gasteiger partial charge on any atom is 0.235 e. The molecule has 4 aromatic heterocycles. The lowest BCUT2D eigenvalue weighted by Crippen LogP contribution is -2.03. The number of nitrogens with zero attached hydrogens (tertiary/aromatic N) is 5. The normalized spacial score (nSPS) is 11.8. The minimum absolute atomic E-state index is 0.622. The van der Waals surface area contributed by atoms with E-state index in [1.54, 1.807) is 0 Å². The van der Waals surface area contributed by atoms with E-state index < -0.39 is 0 Å². The van der Waals surface area contributed by atoms with Crippen molar-refractivity contribution in [1.29, 1.82) is 0 Å². The molecule has 10 aromatic rings. The van der Waals surface area contributed by atoms with Gasteiger partial charge in [0.1, 0.15) is 0 Å². The SMILES string of the molecule is c1ccc(-c2nc(-n3c4cc(-c5cccc6c5c5ccccc5n6-c5ccccc5)ccc4c4ncccc43)nc3ccccc23)cc1. The molecule has 224 valence electrons. The number of aromatic nitrogens is 5. The van der Waals surface area contributed by atoms with Crippen LogP contribution in [0.15, 0.2) is 164 Å². The number of hydrogen-bond donors (Lipinski definition) is 0. The van der Waals surface area contributed by atoms with Crippen molar-refractivity contribution in [2.75, 3.05) is 0 Å². The molecule has 0 aliphatic rings. The van der Waals surface area contributed by atoms with Gasteiger partial charge in [0.2, 0.25) is 5.95 Å². The van der Waals surface area contributed by atoms with Gasteiger partial charge in [-0.05, 0) is 65.7 Å². The molecule has 0 aliphatic heterocycles. The predicted molar refractivity (Wildman–Crippen MR) is 197 cm³/mol. The second kappa shape index (κ2) is 10.5. The molecular formula is C43H27N5. The van der Waals surface area contributed by atoms with Gasteiger partial charge >= 0.3 is 0 Å². The maximum atomic E-state index is 5.26. The molecule has 5 nitrogen and oxygen atoms in total. The fourth-order valence-corrected chi connectivity index (χ4v) is 7.31. The first-order valence-electron chi connectivity index (χ1n) is 16.1. The molecule has 0 saturated heterocycles. The van der Waals surface area contributed by atoms with Crippen LogP contribution in [0.4, 0.5) is 0 Å². The fraction of sp³-hybridized carbons (Fsp3) is 0. The highest BCUT2D eigenvalue weighted by Gasteiger charge is 2.20. The maximum absolute atomic E-state index is 5.26. The van der Waals surface area contributed by atoms with Crippen LogP contribution in [-0.4, -0.2) is 24.1 Å². The first kappa shape index (κ1) is 26.6. The van der Waals surface area contributed by atoms with Gasteiger partial charge in [-0.2, -0.15) is 0 Å². The van der Waals surface area contributed by atoms with Gasteiger partial charge in [0.25, 0.3) is 0 Å². The minimum atomic E-state index is 0.622. The molecule has 5 heteroatoms. The Morgan fingerprint density at radius 2 is 1.17 bits per heavy atom. The second-order valence-corrected chi connectivity index (χ2v) is 12.1. The highest BCUT2D eigenvalue weighted by molar-refractivity contribution is 6.17. The van der Waals surface area contributed by atoms with E-state index in [9.17, 15) is 0 Å². The summed E-state index contributed by atoms with van der Waals surface area (Å²) in [5, 5.41) is 4.53. The molecule has 0 N–H and O–H groups in total. The van der Waals surface area contributed by atoms with Gasteiger partial charge in [-0.1, -0.05) is 103 Å². The van der Waals surface area contributed by atoms with E-state index in [4.69, 9.17) is 15.0 Å². The second-order valence-electron chi connectivity index (χ2n) is 12.1. The lowest BCUT2D eigenvalue weighted by Gasteiger charge is -2.12. The largest absolute Gasteiger partial charge is 0.309 e. The number of fused-ring (bicyclic) bond motifs is 7. The molecule has 10 rings (SSSR count). The van der Waals surface area contributed by atoms with Crippen LogP contribution in [-0.2, 0) is 0 Å². The molecule has 0 aliphatic carbocycles. The van der Waals surface area contributed by atoms with Gasteiger partial charge in [-0.3, -0.25) is 9.55 Å². The summed E-state index contributed by atoms with van der Waals surface area (Å²) in [5.41, 5.74) is 11.6. The van der Waals surface area contributed by atoms with Gasteiger partial charge < -0.3 is 4.57 Å². The monoisotopic (exact) mass is 613 g/mol. The lowest BCUT2D eigenvalue weighted by molar-refractivity contribution is 1.01. The van der Waals surface area contributed by atoms with Crippen LogP contribution in [0.5, 0.6) is 0 Å². The van der Waals surface area contributed by atoms with Gasteiger partial charge in [0.15, 0.2) is 0 Å². The lowest BCUT2D eigenvalue weighted by atomic mass is 9.98. The number of hydrogen-bond acceptors (Lipinski definition) is 3. The van der Waals surface area contributed by atoms with Crippen molar-refractivity contribution in [2.24, 2.45) is 0 Å². The molecule has 0 unspecified atom stereocenters. The molecule has 0 saturated carbocycles. The van der Waals surface area contributed by atoms with E-state index in [0.717, 1.165) is 55.3 Å². The smallest absolute Gasteiger partial charge is 0.235 e. The Morgan fingerprint density at radius 3 is 2.04 bits per heavy atom. The van der Waals surface area contributed by atoms with Crippen LogP contribution in [0.25, 0.3) is 88.7 Å². The Labute approximate surface area is 276 Å². The third kappa shape index (κ3) is 3.94. The Kier molecular flexibility index (Phi) is 5.81. The van der Waals surface area contributed by atoms with Gasteiger partial charge in [0, 0.05) is 39.0 Å². The summed E-state index contributed by atoms with van der Waals surface area (Å²) in [5.74, 6) is 0.622. The van der Waals surface area contributed by atoms with E-state index >= 15 is 0 Å². The Morgan fingerprint density at radius 1 is 0.438 bits per heavy atom. The van der Waals surface area contributed by atoms with Crippen LogP contribution >= 0.6 is 0 Å². The van der Waals surface area contributed by atoms with Crippen LogP contribution in [0.2, 0.25) is 0 Å². The Balaban J connectivity index is 1.27. The van der Waals surface area contributed by atoms with Crippen LogP contribution < -0.4 is 0 Å². The van der Waals surface area contributed by atoms with E-state index in [1.165, 1.54) is 27.4 Å². The van der Waals surface area contributed by atoms with E-state index in [2.05, 4.69) is 143 Å². The number of benzene rings is 6. The van der Waals surface area contributed by atoms with Gasteiger partial charge in [0.05, 0.1) is 38.8 Å². The summed E-state index contributed by atoms with van der Waals surface area (Å²) < 4.78 is 4.54. The molecule has 6 aromatic carbocycles. The zero-order valence-electron chi connectivity index (χ0n) is 25.8. The summed E-state index contributed by atoms with van der Waals surface area (Å²) >= 11 is 0. The topological polar surface area (TPSA) is 48.5 Å². The van der Waals surface area contributed by atoms with Gasteiger partial charge in [-0.25, -0.2) is 9.97 Å². The summed E-state index contributed by atoms with van der Waals surface area (Å²) in [4.78, 5) is 15.3. The average molecular weight is 614 g/mol. The molecule has 0 fully saturated rings. The van der Waals surface area contributed by atoms with Crippen molar-refractivity contribution in [2.45, 2.75) is 0 Å². The predicted octanol–water partition coefficient (Wildman–Crippen LogP) is 10.6. The third-order valence-electron chi connectivity index (χ3n) is 9.38. The number of para-hydroxylation sites is 3. The van der Waals surface area contributed by atoms with Crippen molar-refractivity contribution in [3.8, 4) is 34.0 Å². The zero-order chi connectivity index (χ0) is 31.6. The van der Waals surface area contributed by atoms with Crippen molar-refractivity contribution in [1.82, 2.24) is 24.1 Å². The molecule has 4 heterocycles. The molecule has 0 bridgehead atoms. The summed E-state index contributed by atoms with van der Waals surface area (Å²) in [7, 11) is 0. The molecule has 48 heavy (non-hydrogen) atoms. The first-order chi connectivity index (χ1) is 23.8. The zero-order valence-corrected chi connectivity index (χ0v) is 25.8. The average Bonchev–Trinajstić information content (AvgIpc) is 3.68. The number of rotatable bonds is 4. The fourth-order valence-electron chi connectivity index (χ4n) is 7.31. The molecular weight excluding hydrogens is 587 g/mol.